The van der Waals surface area contributed by atoms with E-state index in [1.54, 1.807) is 14.2 Å². The number of ether oxygens (including phenoxy) is 2. The lowest BCUT2D eigenvalue weighted by molar-refractivity contribution is 0.354. The highest BCUT2D eigenvalue weighted by Crippen LogP contribution is 2.27. The highest BCUT2D eigenvalue weighted by molar-refractivity contribution is 5.79. The Morgan fingerprint density at radius 3 is 2.52 bits per heavy atom. The summed E-state index contributed by atoms with van der Waals surface area (Å²) in [5.41, 5.74) is 1.17. The van der Waals surface area contributed by atoms with Crippen molar-refractivity contribution in [1.29, 1.82) is 0 Å². The molecule has 0 radical (unpaired) electrons. The minimum atomic E-state index is 0.703. The van der Waals surface area contributed by atoms with E-state index in [2.05, 4.69) is 39.5 Å². The SMILES string of the molecule is CCNC(=NCCc1ccc(OC)c(OC)c1)NCCn1cccc1. The van der Waals surface area contributed by atoms with E-state index in [4.69, 9.17) is 9.47 Å². The number of aliphatic imine (C=N–C) groups is 1. The summed E-state index contributed by atoms with van der Waals surface area (Å²) in [6.45, 7) is 5.35. The zero-order valence-corrected chi connectivity index (χ0v) is 15.3. The molecule has 0 saturated heterocycles. The van der Waals surface area contributed by atoms with Crippen molar-refractivity contribution in [2.45, 2.75) is 19.9 Å². The molecule has 0 aliphatic rings. The molecule has 1 aromatic heterocycles. The summed E-state index contributed by atoms with van der Waals surface area (Å²) in [5.74, 6) is 2.34. The van der Waals surface area contributed by atoms with Gasteiger partial charge in [0.15, 0.2) is 17.5 Å². The zero-order valence-electron chi connectivity index (χ0n) is 15.3. The third-order valence-corrected chi connectivity index (χ3v) is 3.79. The summed E-state index contributed by atoms with van der Waals surface area (Å²) < 4.78 is 12.7. The van der Waals surface area contributed by atoms with Gasteiger partial charge in [-0.25, -0.2) is 0 Å². The van der Waals surface area contributed by atoms with Gasteiger partial charge in [0.05, 0.1) is 14.2 Å². The van der Waals surface area contributed by atoms with Crippen LogP contribution in [0, 0.1) is 0 Å². The Morgan fingerprint density at radius 1 is 1.08 bits per heavy atom. The number of rotatable bonds is 9. The van der Waals surface area contributed by atoms with Crippen LogP contribution < -0.4 is 20.1 Å². The van der Waals surface area contributed by atoms with E-state index in [0.717, 1.165) is 43.5 Å². The van der Waals surface area contributed by atoms with Crippen molar-refractivity contribution in [2.24, 2.45) is 4.99 Å². The van der Waals surface area contributed by atoms with Crippen LogP contribution in [-0.4, -0.2) is 44.4 Å². The van der Waals surface area contributed by atoms with E-state index in [9.17, 15) is 0 Å². The van der Waals surface area contributed by atoms with Crippen LogP contribution in [0.2, 0.25) is 0 Å². The molecule has 0 fully saturated rings. The number of guanidine groups is 1. The third-order valence-electron chi connectivity index (χ3n) is 3.79. The Morgan fingerprint density at radius 2 is 1.84 bits per heavy atom. The van der Waals surface area contributed by atoms with Crippen molar-refractivity contribution >= 4 is 5.96 Å². The Bertz CT molecular complexity index is 653. The highest BCUT2D eigenvalue weighted by Gasteiger charge is 2.04. The minimum absolute atomic E-state index is 0.703. The van der Waals surface area contributed by atoms with Crippen LogP contribution in [0.3, 0.4) is 0 Å². The first-order chi connectivity index (χ1) is 12.3. The molecule has 136 valence electrons. The average Bonchev–Trinajstić information content (AvgIpc) is 3.15. The Labute approximate surface area is 149 Å². The van der Waals surface area contributed by atoms with Gasteiger partial charge in [0.1, 0.15) is 0 Å². The predicted octanol–water partition coefficient (Wildman–Crippen LogP) is 2.30. The summed E-state index contributed by atoms with van der Waals surface area (Å²) in [6, 6.07) is 10.0. The minimum Gasteiger partial charge on any atom is -0.493 e. The van der Waals surface area contributed by atoms with Gasteiger partial charge in [0, 0.05) is 38.6 Å². The van der Waals surface area contributed by atoms with Crippen molar-refractivity contribution < 1.29 is 9.47 Å². The van der Waals surface area contributed by atoms with E-state index in [1.807, 2.05) is 30.3 Å². The fourth-order valence-corrected chi connectivity index (χ4v) is 2.50. The van der Waals surface area contributed by atoms with Crippen molar-refractivity contribution in [3.63, 3.8) is 0 Å². The summed E-state index contributed by atoms with van der Waals surface area (Å²) in [6.07, 6.45) is 4.96. The second-order valence-electron chi connectivity index (χ2n) is 5.55. The molecule has 0 amide bonds. The average molecular weight is 344 g/mol. The standard InChI is InChI=1S/C19H28N4O2/c1-4-20-19(22-11-14-23-12-5-6-13-23)21-10-9-16-7-8-17(24-2)18(15-16)25-3/h5-8,12-13,15H,4,9-11,14H2,1-3H3,(H2,20,21,22). The smallest absolute Gasteiger partial charge is 0.191 e. The van der Waals surface area contributed by atoms with Crippen molar-refractivity contribution in [2.75, 3.05) is 33.9 Å². The second-order valence-corrected chi connectivity index (χ2v) is 5.55. The zero-order chi connectivity index (χ0) is 17.9. The van der Waals surface area contributed by atoms with E-state index < -0.39 is 0 Å². The molecule has 2 rings (SSSR count). The Hall–Kier alpha value is -2.63. The predicted molar refractivity (Wildman–Crippen MR) is 102 cm³/mol. The first-order valence-corrected chi connectivity index (χ1v) is 8.60. The fraction of sp³-hybridized carbons (Fsp3) is 0.421. The maximum absolute atomic E-state index is 5.34. The monoisotopic (exact) mass is 344 g/mol. The summed E-state index contributed by atoms with van der Waals surface area (Å²) in [7, 11) is 3.29. The van der Waals surface area contributed by atoms with E-state index in [-0.39, 0.29) is 0 Å². The number of methoxy groups -OCH3 is 2. The van der Waals surface area contributed by atoms with Gasteiger partial charge in [-0.2, -0.15) is 0 Å². The molecular formula is C19H28N4O2. The van der Waals surface area contributed by atoms with Gasteiger partial charge in [-0.1, -0.05) is 6.07 Å². The number of hydrogen-bond acceptors (Lipinski definition) is 3. The first kappa shape index (κ1) is 18.7. The molecule has 0 spiro atoms. The molecule has 2 aromatic rings. The summed E-state index contributed by atoms with van der Waals surface area (Å²) in [5, 5.41) is 6.63. The number of hydrogen-bond donors (Lipinski definition) is 2. The lowest BCUT2D eigenvalue weighted by atomic mass is 10.1. The van der Waals surface area contributed by atoms with Crippen molar-refractivity contribution in [1.82, 2.24) is 15.2 Å². The molecular weight excluding hydrogens is 316 g/mol. The molecule has 2 N–H and O–H groups in total. The van der Waals surface area contributed by atoms with Gasteiger partial charge < -0.3 is 24.7 Å². The molecule has 0 bridgehead atoms. The number of benzene rings is 1. The summed E-state index contributed by atoms with van der Waals surface area (Å²) >= 11 is 0. The van der Waals surface area contributed by atoms with Gasteiger partial charge in [0.25, 0.3) is 0 Å². The van der Waals surface area contributed by atoms with E-state index >= 15 is 0 Å². The molecule has 0 aliphatic heterocycles. The Kier molecular flexibility index (Phi) is 7.69. The maximum Gasteiger partial charge on any atom is 0.191 e. The number of nitrogens with zero attached hydrogens (tertiary/aromatic N) is 2. The van der Waals surface area contributed by atoms with Gasteiger partial charge >= 0.3 is 0 Å². The number of aromatic nitrogens is 1. The molecule has 0 unspecified atom stereocenters. The largest absolute Gasteiger partial charge is 0.493 e. The number of nitrogens with one attached hydrogen (secondary N) is 2. The molecule has 0 saturated carbocycles. The molecule has 1 aromatic carbocycles. The van der Waals surface area contributed by atoms with Crippen LogP contribution in [0.15, 0.2) is 47.7 Å². The maximum atomic E-state index is 5.34. The molecule has 0 aliphatic carbocycles. The van der Waals surface area contributed by atoms with Gasteiger partial charge in [-0.05, 0) is 43.2 Å². The lowest BCUT2D eigenvalue weighted by Gasteiger charge is -2.12. The quantitative estimate of drug-likeness (QED) is 0.541. The summed E-state index contributed by atoms with van der Waals surface area (Å²) in [4.78, 5) is 4.64. The van der Waals surface area contributed by atoms with Gasteiger partial charge in [-0.3, -0.25) is 4.99 Å². The normalized spacial score (nSPS) is 11.2. The Balaban J connectivity index is 1.85. The van der Waals surface area contributed by atoms with E-state index in [0.29, 0.717) is 6.54 Å². The van der Waals surface area contributed by atoms with Crippen LogP contribution in [0.5, 0.6) is 11.5 Å². The lowest BCUT2D eigenvalue weighted by Crippen LogP contribution is -2.39. The highest BCUT2D eigenvalue weighted by atomic mass is 16.5. The third kappa shape index (κ3) is 6.06. The van der Waals surface area contributed by atoms with Crippen LogP contribution in [-0.2, 0) is 13.0 Å². The first-order valence-electron chi connectivity index (χ1n) is 8.60. The van der Waals surface area contributed by atoms with Crippen molar-refractivity contribution in [3.05, 3.63) is 48.3 Å². The van der Waals surface area contributed by atoms with Crippen LogP contribution in [0.4, 0.5) is 0 Å². The molecule has 6 heteroatoms. The van der Waals surface area contributed by atoms with Gasteiger partial charge in [0.2, 0.25) is 0 Å². The fourth-order valence-electron chi connectivity index (χ4n) is 2.50. The molecule has 25 heavy (non-hydrogen) atoms. The molecule has 1 heterocycles. The van der Waals surface area contributed by atoms with Crippen molar-refractivity contribution in [3.8, 4) is 11.5 Å². The van der Waals surface area contributed by atoms with Gasteiger partial charge in [-0.15, -0.1) is 0 Å². The topological polar surface area (TPSA) is 59.8 Å². The van der Waals surface area contributed by atoms with Crippen LogP contribution >= 0.6 is 0 Å². The molecule has 0 atom stereocenters. The second kappa shape index (κ2) is 10.3. The molecule has 6 nitrogen and oxygen atoms in total. The van der Waals surface area contributed by atoms with Crippen LogP contribution in [0.25, 0.3) is 0 Å². The van der Waals surface area contributed by atoms with E-state index in [1.165, 1.54) is 5.56 Å². The van der Waals surface area contributed by atoms with Crippen LogP contribution in [0.1, 0.15) is 12.5 Å².